The van der Waals surface area contributed by atoms with Crippen molar-refractivity contribution < 1.29 is 4.79 Å². The van der Waals surface area contributed by atoms with Crippen molar-refractivity contribution in [3.63, 3.8) is 0 Å². The Bertz CT molecular complexity index is 676. The average molecular weight is 307 g/mol. The Morgan fingerprint density at radius 2 is 1.96 bits per heavy atom. The van der Waals surface area contributed by atoms with Crippen LogP contribution in [0.2, 0.25) is 0 Å². The monoisotopic (exact) mass is 307 g/mol. The number of carbonyl (C=O) groups excluding carboxylic acids is 1. The number of aldehydes is 1. The van der Waals surface area contributed by atoms with Gasteiger partial charge in [0.15, 0.2) is 6.29 Å². The normalized spacial score (nSPS) is 10.6. The molecule has 4 nitrogen and oxygen atoms in total. The second kappa shape index (κ2) is 10.7. The van der Waals surface area contributed by atoms with Crippen molar-refractivity contribution in [3.8, 4) is 11.4 Å². The summed E-state index contributed by atoms with van der Waals surface area (Å²) in [6.45, 7) is 5.60. The first-order chi connectivity index (χ1) is 11.3. The summed E-state index contributed by atoms with van der Waals surface area (Å²) in [7, 11) is 1.87. The highest BCUT2D eigenvalue weighted by atomic mass is 16.1. The molecule has 0 aliphatic rings. The van der Waals surface area contributed by atoms with Crippen LogP contribution >= 0.6 is 0 Å². The third-order valence-corrected chi connectivity index (χ3v) is 2.85. The Hall–Kier alpha value is -3.01. The second-order valence-corrected chi connectivity index (χ2v) is 4.38. The van der Waals surface area contributed by atoms with Crippen LogP contribution in [0.4, 0.5) is 0 Å². The summed E-state index contributed by atoms with van der Waals surface area (Å²) in [6, 6.07) is 8.98. The Morgan fingerprint density at radius 1 is 1.17 bits per heavy atom. The molecular formula is C19H21N3O. The smallest absolute Gasteiger partial charge is 0.152 e. The molecule has 0 aromatic carbocycles. The molecule has 2 aromatic heterocycles. The summed E-state index contributed by atoms with van der Waals surface area (Å²) in [5.74, 6) is 0. The third-order valence-electron chi connectivity index (χ3n) is 2.85. The van der Waals surface area contributed by atoms with Gasteiger partial charge < -0.3 is 5.32 Å². The maximum Gasteiger partial charge on any atom is 0.152 e. The minimum Gasteiger partial charge on any atom is -0.388 e. The van der Waals surface area contributed by atoms with Gasteiger partial charge in [-0.25, -0.2) is 0 Å². The van der Waals surface area contributed by atoms with Gasteiger partial charge in [0.05, 0.1) is 11.4 Å². The first kappa shape index (κ1) is 18.0. The first-order valence-electron chi connectivity index (χ1n) is 7.21. The van der Waals surface area contributed by atoms with E-state index in [2.05, 4.69) is 21.9 Å². The molecule has 0 amide bonds. The lowest BCUT2D eigenvalue weighted by Gasteiger charge is -2.00. The van der Waals surface area contributed by atoms with E-state index in [1.54, 1.807) is 30.6 Å². The fourth-order valence-electron chi connectivity index (χ4n) is 1.68. The predicted molar refractivity (Wildman–Crippen MR) is 95.0 cm³/mol. The summed E-state index contributed by atoms with van der Waals surface area (Å²) < 4.78 is 0. The molecule has 1 N–H and O–H groups in total. The number of hydrogen-bond donors (Lipinski definition) is 1. The Labute approximate surface area is 137 Å². The zero-order valence-electron chi connectivity index (χ0n) is 13.4. The maximum absolute atomic E-state index is 10.7. The predicted octanol–water partition coefficient (Wildman–Crippen LogP) is 3.81. The molecule has 0 aliphatic carbocycles. The fraction of sp³-hybridized carbons (Fsp3) is 0.105. The van der Waals surface area contributed by atoms with Crippen molar-refractivity contribution in [2.24, 2.45) is 0 Å². The van der Waals surface area contributed by atoms with Crippen molar-refractivity contribution in [2.75, 3.05) is 7.05 Å². The second-order valence-electron chi connectivity index (χ2n) is 4.38. The molecular weight excluding hydrogens is 286 g/mol. The Morgan fingerprint density at radius 3 is 2.52 bits per heavy atom. The van der Waals surface area contributed by atoms with Gasteiger partial charge in [-0.1, -0.05) is 24.8 Å². The molecule has 0 bridgehead atoms. The van der Waals surface area contributed by atoms with E-state index >= 15 is 0 Å². The van der Waals surface area contributed by atoms with E-state index in [-0.39, 0.29) is 0 Å². The quantitative estimate of drug-likeness (QED) is 0.674. The van der Waals surface area contributed by atoms with Gasteiger partial charge in [0.2, 0.25) is 0 Å². The van der Waals surface area contributed by atoms with Gasteiger partial charge in [-0.05, 0) is 43.3 Å². The van der Waals surface area contributed by atoms with Crippen LogP contribution in [0.5, 0.6) is 0 Å². The van der Waals surface area contributed by atoms with Crippen molar-refractivity contribution in [2.45, 2.75) is 6.92 Å². The van der Waals surface area contributed by atoms with E-state index in [0.717, 1.165) is 17.7 Å². The van der Waals surface area contributed by atoms with Gasteiger partial charge >= 0.3 is 0 Å². The van der Waals surface area contributed by atoms with E-state index in [1.807, 2.05) is 50.4 Å². The number of nitrogens with one attached hydrogen (secondary N) is 1. The molecule has 23 heavy (non-hydrogen) atoms. The maximum atomic E-state index is 10.7. The van der Waals surface area contributed by atoms with Gasteiger partial charge in [0, 0.05) is 30.7 Å². The molecule has 0 spiro atoms. The van der Waals surface area contributed by atoms with Crippen molar-refractivity contribution >= 4 is 6.29 Å². The highest BCUT2D eigenvalue weighted by Crippen LogP contribution is 2.16. The lowest BCUT2D eigenvalue weighted by atomic mass is 10.1. The number of aromatic nitrogens is 2. The number of carbonyl (C=O) groups is 1. The van der Waals surface area contributed by atoms with Crippen molar-refractivity contribution in [1.29, 1.82) is 0 Å². The van der Waals surface area contributed by atoms with Crippen LogP contribution in [0.25, 0.3) is 11.4 Å². The van der Waals surface area contributed by atoms with E-state index in [4.69, 9.17) is 0 Å². The number of nitrogens with zero attached hydrogens (tertiary/aromatic N) is 2. The SMILES string of the molecule is C=C/C(=C\C=C/C)NC.O=Cc1cccnc1-c1ccccn1. The van der Waals surface area contributed by atoms with Crippen LogP contribution in [0.1, 0.15) is 17.3 Å². The molecule has 2 heterocycles. The molecule has 0 atom stereocenters. The van der Waals surface area contributed by atoms with Crippen molar-refractivity contribution in [1.82, 2.24) is 15.3 Å². The van der Waals surface area contributed by atoms with E-state index < -0.39 is 0 Å². The summed E-state index contributed by atoms with van der Waals surface area (Å²) in [6.07, 6.45) is 11.8. The van der Waals surface area contributed by atoms with Crippen LogP contribution in [-0.2, 0) is 0 Å². The number of likely N-dealkylation sites (N-methyl/N-ethyl adjacent to an activating group) is 1. The first-order valence-corrected chi connectivity index (χ1v) is 7.21. The van der Waals surface area contributed by atoms with Crippen LogP contribution in [0, 0.1) is 0 Å². The molecule has 118 valence electrons. The van der Waals surface area contributed by atoms with Gasteiger partial charge in [0.25, 0.3) is 0 Å². The molecule has 0 unspecified atom stereocenters. The third kappa shape index (κ3) is 6.09. The highest BCUT2D eigenvalue weighted by molar-refractivity contribution is 5.84. The minimum atomic E-state index is 0.561. The lowest BCUT2D eigenvalue weighted by molar-refractivity contribution is 0.112. The molecule has 0 saturated carbocycles. The van der Waals surface area contributed by atoms with Crippen LogP contribution in [0.3, 0.4) is 0 Å². The van der Waals surface area contributed by atoms with Crippen LogP contribution in [0.15, 0.2) is 79.3 Å². The standard InChI is InChI=1S/C11H8N2O.C8H13N/c14-8-9-4-3-7-13-11(9)10-5-1-2-6-12-10;1-4-6-7-8(5-2)9-3/h1-8H;4-7,9H,2H2,1,3H3/b;6-4-,8-7+. The lowest BCUT2D eigenvalue weighted by Crippen LogP contribution is -2.01. The number of pyridine rings is 2. The summed E-state index contributed by atoms with van der Waals surface area (Å²) in [5, 5.41) is 2.98. The van der Waals surface area contributed by atoms with Gasteiger partial charge in [-0.3, -0.25) is 14.8 Å². The molecule has 2 aromatic rings. The topological polar surface area (TPSA) is 54.9 Å². The van der Waals surface area contributed by atoms with E-state index in [9.17, 15) is 4.79 Å². The van der Waals surface area contributed by atoms with Gasteiger partial charge in [-0.2, -0.15) is 0 Å². The zero-order chi connectivity index (χ0) is 16.9. The zero-order valence-corrected chi connectivity index (χ0v) is 13.4. The van der Waals surface area contributed by atoms with Gasteiger partial charge in [0.1, 0.15) is 0 Å². The summed E-state index contributed by atoms with van der Waals surface area (Å²) >= 11 is 0. The molecule has 0 fully saturated rings. The molecule has 0 saturated heterocycles. The van der Waals surface area contributed by atoms with Crippen molar-refractivity contribution in [3.05, 3.63) is 84.9 Å². The van der Waals surface area contributed by atoms with E-state index in [1.165, 1.54) is 0 Å². The number of hydrogen-bond acceptors (Lipinski definition) is 4. The Balaban J connectivity index is 0.000000257. The summed E-state index contributed by atoms with van der Waals surface area (Å²) in [4.78, 5) is 19.0. The molecule has 4 heteroatoms. The number of allylic oxidation sites excluding steroid dienone is 4. The van der Waals surface area contributed by atoms with E-state index in [0.29, 0.717) is 11.3 Å². The van der Waals surface area contributed by atoms with Crippen LogP contribution < -0.4 is 5.32 Å². The largest absolute Gasteiger partial charge is 0.388 e. The number of rotatable bonds is 5. The Kier molecular flexibility index (Phi) is 8.38. The minimum absolute atomic E-state index is 0.561. The summed E-state index contributed by atoms with van der Waals surface area (Å²) in [5.41, 5.74) is 2.94. The van der Waals surface area contributed by atoms with Crippen LogP contribution in [-0.4, -0.2) is 23.3 Å². The molecule has 0 aliphatic heterocycles. The highest BCUT2D eigenvalue weighted by Gasteiger charge is 2.04. The van der Waals surface area contributed by atoms with Gasteiger partial charge in [-0.15, -0.1) is 0 Å². The fourth-order valence-corrected chi connectivity index (χ4v) is 1.68. The molecule has 2 rings (SSSR count). The molecule has 0 radical (unpaired) electrons. The average Bonchev–Trinajstić information content (AvgIpc) is 2.64.